The van der Waals surface area contributed by atoms with Gasteiger partial charge in [0.05, 0.1) is 0 Å². The van der Waals surface area contributed by atoms with E-state index in [4.69, 9.17) is 4.74 Å². The Bertz CT molecular complexity index is 664. The Balaban J connectivity index is 1.93. The Labute approximate surface area is 132 Å². The van der Waals surface area contributed by atoms with Crippen molar-refractivity contribution in [3.63, 3.8) is 0 Å². The zero-order valence-corrected chi connectivity index (χ0v) is 13.6. The van der Waals surface area contributed by atoms with Crippen molar-refractivity contribution < 1.29 is 9.53 Å². The molecule has 3 heteroatoms. The van der Waals surface area contributed by atoms with Gasteiger partial charge in [0.15, 0.2) is 6.10 Å². The average Bonchev–Trinajstić information content (AvgIpc) is 2.48. The predicted molar refractivity (Wildman–Crippen MR) is 89.0 cm³/mol. The zero-order valence-electron chi connectivity index (χ0n) is 13.6. The van der Waals surface area contributed by atoms with Crippen molar-refractivity contribution in [1.29, 1.82) is 0 Å². The Hall–Kier alpha value is -2.29. The maximum atomic E-state index is 12.2. The molecule has 0 unspecified atom stereocenters. The molecule has 1 N–H and O–H groups in total. The van der Waals surface area contributed by atoms with Crippen LogP contribution >= 0.6 is 0 Å². The normalized spacial score (nSPS) is 11.8. The monoisotopic (exact) mass is 297 g/mol. The van der Waals surface area contributed by atoms with Crippen LogP contribution in [0.1, 0.15) is 29.2 Å². The quantitative estimate of drug-likeness (QED) is 0.914. The van der Waals surface area contributed by atoms with Crippen LogP contribution in [0.2, 0.25) is 0 Å². The van der Waals surface area contributed by atoms with E-state index in [2.05, 4.69) is 11.4 Å². The third-order valence-electron chi connectivity index (χ3n) is 3.57. The first-order valence-corrected chi connectivity index (χ1v) is 7.53. The number of hydrogen-bond acceptors (Lipinski definition) is 2. The molecule has 0 saturated heterocycles. The standard InChI is InChI=1S/C19H23NO2/c1-13-6-5-7-17(10-13)12-20-19(21)16(4)22-18-11-14(2)8-9-15(18)3/h5-11,16H,12H2,1-4H3,(H,20,21)/t16-/m0/s1. The number of hydrogen-bond donors (Lipinski definition) is 1. The van der Waals surface area contributed by atoms with Gasteiger partial charge in [-0.3, -0.25) is 4.79 Å². The van der Waals surface area contributed by atoms with Crippen molar-refractivity contribution in [3.05, 3.63) is 64.7 Å². The second-order valence-electron chi connectivity index (χ2n) is 5.74. The molecule has 0 bridgehead atoms. The minimum absolute atomic E-state index is 0.109. The third-order valence-corrected chi connectivity index (χ3v) is 3.57. The van der Waals surface area contributed by atoms with Gasteiger partial charge in [-0.2, -0.15) is 0 Å². The van der Waals surface area contributed by atoms with Crippen LogP contribution in [0.25, 0.3) is 0 Å². The molecule has 2 aromatic rings. The summed E-state index contributed by atoms with van der Waals surface area (Å²) in [6.07, 6.45) is -0.523. The molecule has 0 aliphatic heterocycles. The van der Waals surface area contributed by atoms with Gasteiger partial charge < -0.3 is 10.1 Å². The molecule has 0 aliphatic rings. The summed E-state index contributed by atoms with van der Waals surface area (Å²) in [5.74, 6) is 0.653. The molecule has 22 heavy (non-hydrogen) atoms. The molecule has 0 spiro atoms. The number of aryl methyl sites for hydroxylation is 3. The van der Waals surface area contributed by atoms with Crippen molar-refractivity contribution in [2.45, 2.75) is 40.3 Å². The summed E-state index contributed by atoms with van der Waals surface area (Å²) in [5, 5.41) is 2.92. The summed E-state index contributed by atoms with van der Waals surface area (Å²) in [5.41, 5.74) is 4.43. The van der Waals surface area contributed by atoms with Crippen LogP contribution in [0.5, 0.6) is 5.75 Å². The average molecular weight is 297 g/mol. The molecule has 3 nitrogen and oxygen atoms in total. The SMILES string of the molecule is Cc1cccc(CNC(=O)[C@H](C)Oc2cc(C)ccc2C)c1. The van der Waals surface area contributed by atoms with Crippen molar-refractivity contribution in [2.75, 3.05) is 0 Å². The molecule has 0 fully saturated rings. The van der Waals surface area contributed by atoms with Crippen LogP contribution in [0.4, 0.5) is 0 Å². The van der Waals surface area contributed by atoms with E-state index in [1.54, 1.807) is 6.92 Å². The van der Waals surface area contributed by atoms with Crippen LogP contribution in [-0.4, -0.2) is 12.0 Å². The molecule has 0 heterocycles. The summed E-state index contributed by atoms with van der Waals surface area (Å²) in [4.78, 5) is 12.2. The number of carbonyl (C=O) groups is 1. The Morgan fingerprint density at radius 3 is 2.55 bits per heavy atom. The van der Waals surface area contributed by atoms with Gasteiger partial charge in [0.1, 0.15) is 5.75 Å². The van der Waals surface area contributed by atoms with Gasteiger partial charge in [0, 0.05) is 6.54 Å². The van der Waals surface area contributed by atoms with Crippen LogP contribution in [0.3, 0.4) is 0 Å². The highest BCUT2D eigenvalue weighted by Gasteiger charge is 2.15. The van der Waals surface area contributed by atoms with Crippen LogP contribution < -0.4 is 10.1 Å². The number of nitrogens with one attached hydrogen (secondary N) is 1. The first-order chi connectivity index (χ1) is 10.5. The molecule has 116 valence electrons. The van der Waals surface area contributed by atoms with E-state index in [0.29, 0.717) is 6.54 Å². The van der Waals surface area contributed by atoms with E-state index in [9.17, 15) is 4.79 Å². The number of amides is 1. The van der Waals surface area contributed by atoms with Gasteiger partial charge in [0.2, 0.25) is 0 Å². The summed E-state index contributed by atoms with van der Waals surface area (Å²) in [7, 11) is 0. The molecule has 2 rings (SSSR count). The summed E-state index contributed by atoms with van der Waals surface area (Å²) < 4.78 is 5.79. The molecule has 0 saturated carbocycles. The van der Waals surface area contributed by atoms with Crippen LogP contribution in [0, 0.1) is 20.8 Å². The van der Waals surface area contributed by atoms with E-state index in [1.807, 2.05) is 57.2 Å². The van der Waals surface area contributed by atoms with Crippen LogP contribution in [-0.2, 0) is 11.3 Å². The summed E-state index contributed by atoms with van der Waals surface area (Å²) in [6.45, 7) is 8.31. The lowest BCUT2D eigenvalue weighted by Gasteiger charge is -2.17. The van der Waals surface area contributed by atoms with Crippen molar-refractivity contribution in [1.82, 2.24) is 5.32 Å². The summed E-state index contributed by atoms with van der Waals surface area (Å²) >= 11 is 0. The van der Waals surface area contributed by atoms with Gasteiger partial charge in [-0.1, -0.05) is 42.0 Å². The third kappa shape index (κ3) is 4.35. The molecule has 0 radical (unpaired) electrons. The fourth-order valence-electron chi connectivity index (χ4n) is 2.23. The molecule has 1 amide bonds. The maximum absolute atomic E-state index is 12.2. The molecular weight excluding hydrogens is 274 g/mol. The van der Waals surface area contributed by atoms with Crippen LogP contribution in [0.15, 0.2) is 42.5 Å². The van der Waals surface area contributed by atoms with Gasteiger partial charge in [-0.05, 0) is 50.5 Å². The molecular formula is C19H23NO2. The molecule has 1 atom stereocenters. The molecule has 0 aliphatic carbocycles. The minimum atomic E-state index is -0.523. The fraction of sp³-hybridized carbons (Fsp3) is 0.316. The fourth-order valence-corrected chi connectivity index (χ4v) is 2.23. The van der Waals surface area contributed by atoms with Gasteiger partial charge in [-0.25, -0.2) is 0 Å². The molecule has 0 aromatic heterocycles. The maximum Gasteiger partial charge on any atom is 0.261 e. The van der Waals surface area contributed by atoms with Crippen molar-refractivity contribution in [2.24, 2.45) is 0 Å². The number of carbonyl (C=O) groups excluding carboxylic acids is 1. The van der Waals surface area contributed by atoms with E-state index >= 15 is 0 Å². The lowest BCUT2D eigenvalue weighted by atomic mass is 10.1. The lowest BCUT2D eigenvalue weighted by molar-refractivity contribution is -0.127. The predicted octanol–water partition coefficient (Wildman–Crippen LogP) is 3.70. The van der Waals surface area contributed by atoms with Crippen molar-refractivity contribution >= 4 is 5.91 Å². The smallest absolute Gasteiger partial charge is 0.261 e. The van der Waals surface area contributed by atoms with E-state index < -0.39 is 6.10 Å². The number of rotatable bonds is 5. The zero-order chi connectivity index (χ0) is 16.1. The highest BCUT2D eigenvalue weighted by Crippen LogP contribution is 2.20. The van der Waals surface area contributed by atoms with Gasteiger partial charge >= 0.3 is 0 Å². The lowest BCUT2D eigenvalue weighted by Crippen LogP contribution is -2.36. The largest absolute Gasteiger partial charge is 0.481 e. The first-order valence-electron chi connectivity index (χ1n) is 7.53. The highest BCUT2D eigenvalue weighted by atomic mass is 16.5. The number of benzene rings is 2. The highest BCUT2D eigenvalue weighted by molar-refractivity contribution is 5.80. The minimum Gasteiger partial charge on any atom is -0.481 e. The Morgan fingerprint density at radius 1 is 1.09 bits per heavy atom. The first kappa shape index (κ1) is 16.1. The van der Waals surface area contributed by atoms with Gasteiger partial charge in [-0.15, -0.1) is 0 Å². The second-order valence-corrected chi connectivity index (χ2v) is 5.74. The van der Waals surface area contributed by atoms with E-state index in [1.165, 1.54) is 5.56 Å². The van der Waals surface area contributed by atoms with Gasteiger partial charge in [0.25, 0.3) is 5.91 Å². The van der Waals surface area contributed by atoms with E-state index in [-0.39, 0.29) is 5.91 Å². The molecule has 2 aromatic carbocycles. The summed E-state index contributed by atoms with van der Waals surface area (Å²) in [6, 6.07) is 14.1. The number of ether oxygens (including phenoxy) is 1. The Morgan fingerprint density at radius 2 is 1.82 bits per heavy atom. The second kappa shape index (κ2) is 7.12. The van der Waals surface area contributed by atoms with E-state index in [0.717, 1.165) is 22.4 Å². The Kier molecular flexibility index (Phi) is 5.21. The van der Waals surface area contributed by atoms with Crippen molar-refractivity contribution in [3.8, 4) is 5.75 Å². The topological polar surface area (TPSA) is 38.3 Å².